The highest BCUT2D eigenvalue weighted by Gasteiger charge is 2.33. The van der Waals surface area contributed by atoms with E-state index >= 15 is 0 Å². The summed E-state index contributed by atoms with van der Waals surface area (Å²) >= 11 is 1.94. The molecular weight excluding hydrogens is 280 g/mol. The van der Waals surface area contributed by atoms with Crippen LogP contribution in [0.3, 0.4) is 0 Å². The zero-order valence-corrected chi connectivity index (χ0v) is 13.4. The molecule has 2 aliphatic rings. The van der Waals surface area contributed by atoms with Crippen molar-refractivity contribution in [2.45, 2.75) is 56.2 Å². The molecule has 2 unspecified atom stereocenters. The molecule has 0 aromatic carbocycles. The van der Waals surface area contributed by atoms with Gasteiger partial charge in [0.1, 0.15) is 0 Å². The van der Waals surface area contributed by atoms with Crippen LogP contribution in [-0.2, 0) is 4.79 Å². The minimum Gasteiger partial charge on any atom is -0.353 e. The maximum Gasteiger partial charge on any atom is 0.223 e. The number of hydrogen-bond acceptors (Lipinski definition) is 3. The number of carbonyl (C=O) groups excluding carboxylic acids is 1. The second-order valence-electron chi connectivity index (χ2n) is 5.76. The van der Waals surface area contributed by atoms with Gasteiger partial charge in [0.05, 0.1) is 0 Å². The molecule has 0 bridgehead atoms. The van der Waals surface area contributed by atoms with Gasteiger partial charge in [-0.2, -0.15) is 11.8 Å². The summed E-state index contributed by atoms with van der Waals surface area (Å²) in [6.45, 7) is 0.663. The fraction of sp³-hybridized carbons (Fsp3) is 0.929. The average molecular weight is 307 g/mol. The summed E-state index contributed by atoms with van der Waals surface area (Å²) in [5.41, 5.74) is 5.76. The van der Waals surface area contributed by atoms with E-state index in [9.17, 15) is 4.79 Å². The molecule has 112 valence electrons. The standard InChI is InChI=1S/C14H26N2OS.ClH/c1-18-12-6-3-5-11(8-12)16-14(17)13-7-2-4-10(13)9-15;/h10-13H,2-9,15H2,1H3,(H,16,17);1H/t10-,11?,12?,13-;/m1./s1. The Balaban J connectivity index is 0.00000180. The van der Waals surface area contributed by atoms with E-state index < -0.39 is 0 Å². The Hall–Kier alpha value is 0.0700. The summed E-state index contributed by atoms with van der Waals surface area (Å²) < 4.78 is 0. The highest BCUT2D eigenvalue weighted by molar-refractivity contribution is 7.99. The molecular formula is C14H27ClN2OS. The van der Waals surface area contributed by atoms with Gasteiger partial charge in [-0.1, -0.05) is 12.8 Å². The smallest absolute Gasteiger partial charge is 0.223 e. The summed E-state index contributed by atoms with van der Waals surface area (Å²) in [5, 5.41) is 4.02. The van der Waals surface area contributed by atoms with Gasteiger partial charge in [0.25, 0.3) is 0 Å². The fourth-order valence-electron chi connectivity index (χ4n) is 3.46. The third-order valence-corrected chi connectivity index (χ3v) is 5.70. The highest BCUT2D eigenvalue weighted by Crippen LogP contribution is 2.32. The summed E-state index contributed by atoms with van der Waals surface area (Å²) in [7, 11) is 0. The van der Waals surface area contributed by atoms with E-state index in [1.54, 1.807) is 0 Å². The number of halogens is 1. The van der Waals surface area contributed by atoms with Gasteiger partial charge in [0, 0.05) is 17.2 Å². The van der Waals surface area contributed by atoms with Crippen molar-refractivity contribution in [3.05, 3.63) is 0 Å². The van der Waals surface area contributed by atoms with Crippen LogP contribution in [0, 0.1) is 11.8 Å². The normalized spacial score (nSPS) is 34.6. The van der Waals surface area contributed by atoms with Crippen molar-refractivity contribution >= 4 is 30.1 Å². The zero-order valence-electron chi connectivity index (χ0n) is 11.8. The average Bonchev–Trinajstić information content (AvgIpc) is 2.87. The van der Waals surface area contributed by atoms with Gasteiger partial charge in [-0.3, -0.25) is 4.79 Å². The predicted octanol–water partition coefficient (Wildman–Crippen LogP) is 2.57. The molecule has 19 heavy (non-hydrogen) atoms. The molecule has 3 nitrogen and oxygen atoms in total. The van der Waals surface area contributed by atoms with Crippen molar-refractivity contribution in [3.63, 3.8) is 0 Å². The fourth-order valence-corrected chi connectivity index (χ4v) is 4.29. The van der Waals surface area contributed by atoms with Gasteiger partial charge in [0.15, 0.2) is 0 Å². The van der Waals surface area contributed by atoms with Crippen molar-refractivity contribution in [2.75, 3.05) is 12.8 Å². The van der Waals surface area contributed by atoms with Crippen LogP contribution in [0.1, 0.15) is 44.9 Å². The van der Waals surface area contributed by atoms with E-state index in [1.165, 1.54) is 12.8 Å². The van der Waals surface area contributed by atoms with Crippen LogP contribution in [-0.4, -0.2) is 30.0 Å². The summed E-state index contributed by atoms with van der Waals surface area (Å²) in [4.78, 5) is 12.3. The van der Waals surface area contributed by atoms with Crippen LogP contribution in [0.25, 0.3) is 0 Å². The highest BCUT2D eigenvalue weighted by atomic mass is 35.5. The first-order valence-electron chi connectivity index (χ1n) is 7.27. The molecule has 0 saturated heterocycles. The first-order chi connectivity index (χ1) is 8.74. The number of nitrogens with two attached hydrogens (primary N) is 1. The lowest BCUT2D eigenvalue weighted by Gasteiger charge is -2.30. The van der Waals surface area contributed by atoms with Crippen LogP contribution in [0.5, 0.6) is 0 Å². The second kappa shape index (κ2) is 8.38. The molecule has 3 N–H and O–H groups in total. The summed E-state index contributed by atoms with van der Waals surface area (Å²) in [6.07, 6.45) is 10.4. The van der Waals surface area contributed by atoms with Gasteiger partial charge < -0.3 is 11.1 Å². The first kappa shape index (κ1) is 17.1. The van der Waals surface area contributed by atoms with E-state index in [0.717, 1.165) is 37.4 Å². The molecule has 2 rings (SSSR count). The van der Waals surface area contributed by atoms with Crippen molar-refractivity contribution in [1.82, 2.24) is 5.32 Å². The maximum absolute atomic E-state index is 12.3. The van der Waals surface area contributed by atoms with E-state index in [2.05, 4.69) is 11.6 Å². The first-order valence-corrected chi connectivity index (χ1v) is 8.56. The Bertz CT molecular complexity index is 291. The molecule has 2 saturated carbocycles. The van der Waals surface area contributed by atoms with Gasteiger partial charge in [-0.15, -0.1) is 12.4 Å². The number of rotatable bonds is 4. The number of amides is 1. The lowest BCUT2D eigenvalue weighted by molar-refractivity contribution is -0.126. The van der Waals surface area contributed by atoms with Crippen molar-refractivity contribution in [2.24, 2.45) is 17.6 Å². The minimum absolute atomic E-state index is 0. The molecule has 5 heteroatoms. The van der Waals surface area contributed by atoms with Gasteiger partial charge in [0.2, 0.25) is 5.91 Å². The van der Waals surface area contributed by atoms with E-state index in [4.69, 9.17) is 5.73 Å². The molecule has 0 aromatic rings. The summed E-state index contributed by atoms with van der Waals surface area (Å²) in [6, 6.07) is 0.405. The van der Waals surface area contributed by atoms with Crippen LogP contribution in [0.4, 0.5) is 0 Å². The van der Waals surface area contributed by atoms with Crippen LogP contribution in [0.15, 0.2) is 0 Å². The third-order valence-electron chi connectivity index (χ3n) is 4.60. The van der Waals surface area contributed by atoms with Gasteiger partial charge >= 0.3 is 0 Å². The molecule has 2 aliphatic carbocycles. The lowest BCUT2D eigenvalue weighted by Crippen LogP contribution is -2.43. The maximum atomic E-state index is 12.3. The molecule has 0 heterocycles. The monoisotopic (exact) mass is 306 g/mol. The number of hydrogen-bond donors (Lipinski definition) is 2. The Labute approximate surface area is 127 Å². The van der Waals surface area contributed by atoms with Gasteiger partial charge in [-0.25, -0.2) is 0 Å². The molecule has 2 fully saturated rings. The Kier molecular flexibility index (Phi) is 7.55. The number of carbonyl (C=O) groups is 1. The topological polar surface area (TPSA) is 55.1 Å². The Morgan fingerprint density at radius 2 is 2.00 bits per heavy atom. The molecule has 0 aliphatic heterocycles. The zero-order chi connectivity index (χ0) is 13.0. The molecule has 0 spiro atoms. The van der Waals surface area contributed by atoms with Crippen LogP contribution in [0.2, 0.25) is 0 Å². The van der Waals surface area contributed by atoms with E-state index in [1.807, 2.05) is 11.8 Å². The van der Waals surface area contributed by atoms with Gasteiger partial charge in [-0.05, 0) is 50.8 Å². The molecule has 4 atom stereocenters. The Morgan fingerprint density at radius 3 is 2.68 bits per heavy atom. The quantitative estimate of drug-likeness (QED) is 0.839. The van der Waals surface area contributed by atoms with Crippen LogP contribution < -0.4 is 11.1 Å². The molecule has 1 amide bonds. The largest absolute Gasteiger partial charge is 0.353 e. The second-order valence-corrected chi connectivity index (χ2v) is 6.90. The molecule has 0 radical (unpaired) electrons. The SMILES string of the molecule is CSC1CCCC(NC(=O)[C@@H]2CCC[C@@H]2CN)C1.Cl. The Morgan fingerprint density at radius 1 is 1.26 bits per heavy atom. The summed E-state index contributed by atoms with van der Waals surface area (Å²) in [5.74, 6) is 0.879. The molecule has 0 aromatic heterocycles. The minimum atomic E-state index is 0. The van der Waals surface area contributed by atoms with Crippen LogP contribution >= 0.6 is 24.2 Å². The number of nitrogens with one attached hydrogen (secondary N) is 1. The van der Waals surface area contributed by atoms with Crippen molar-refractivity contribution in [3.8, 4) is 0 Å². The van der Waals surface area contributed by atoms with E-state index in [-0.39, 0.29) is 24.2 Å². The number of thioether (sulfide) groups is 1. The predicted molar refractivity (Wildman–Crippen MR) is 84.8 cm³/mol. The third kappa shape index (κ3) is 4.54. The lowest BCUT2D eigenvalue weighted by atomic mass is 9.92. The van der Waals surface area contributed by atoms with E-state index in [0.29, 0.717) is 18.5 Å². The van der Waals surface area contributed by atoms with Crippen molar-refractivity contribution in [1.29, 1.82) is 0 Å². The van der Waals surface area contributed by atoms with Crippen molar-refractivity contribution < 1.29 is 4.79 Å².